The smallest absolute Gasteiger partial charge is 0.357 e. The van der Waals surface area contributed by atoms with Crippen molar-refractivity contribution >= 4 is 16.0 Å². The molecule has 0 atom stereocenters. The quantitative estimate of drug-likeness (QED) is 0.476. The van der Waals surface area contributed by atoms with Crippen molar-refractivity contribution in [2.45, 2.75) is 38.9 Å². The van der Waals surface area contributed by atoms with Gasteiger partial charge in [-0.2, -0.15) is 13.2 Å². The molecule has 0 spiro atoms. The summed E-state index contributed by atoms with van der Waals surface area (Å²) in [6, 6.07) is 0. The number of halogens is 3. The number of rotatable bonds is 7. The van der Waals surface area contributed by atoms with Crippen LogP contribution in [0.3, 0.4) is 0 Å². The van der Waals surface area contributed by atoms with Crippen LogP contribution in [0.25, 0.3) is 0 Å². The number of nitrogens with zero attached hydrogens (tertiary/aromatic N) is 1. The molecule has 0 aliphatic carbocycles. The second-order valence-electron chi connectivity index (χ2n) is 5.25. The van der Waals surface area contributed by atoms with E-state index >= 15 is 0 Å². The van der Waals surface area contributed by atoms with E-state index < -0.39 is 28.2 Å². The van der Waals surface area contributed by atoms with E-state index in [4.69, 9.17) is 0 Å². The standard InChI is InChI=1S/C11H23F3N4O2S/c1-5-15-9(16-7-6-11(12,13)14)17-8-10(2,3)18-21(4,19)20/h18H,5-8H2,1-4H3,(H2,15,16,17). The Balaban J connectivity index is 4.58. The molecule has 0 fully saturated rings. The Bertz CT molecular complexity index is 447. The average molecular weight is 332 g/mol. The molecule has 0 rings (SSSR count). The fourth-order valence-electron chi connectivity index (χ4n) is 1.48. The first-order chi connectivity index (χ1) is 9.35. The van der Waals surface area contributed by atoms with Crippen LogP contribution in [-0.2, 0) is 10.0 Å². The number of sulfonamides is 1. The van der Waals surface area contributed by atoms with Crippen LogP contribution in [0.15, 0.2) is 4.99 Å². The van der Waals surface area contributed by atoms with Gasteiger partial charge in [-0.3, -0.25) is 4.99 Å². The van der Waals surface area contributed by atoms with E-state index in [-0.39, 0.29) is 19.0 Å². The Morgan fingerprint density at radius 3 is 2.19 bits per heavy atom. The van der Waals surface area contributed by atoms with E-state index in [1.165, 1.54) is 0 Å². The predicted octanol–water partition coefficient (Wildman–Crippen LogP) is 0.822. The van der Waals surface area contributed by atoms with Gasteiger partial charge in [0.2, 0.25) is 10.0 Å². The number of guanidine groups is 1. The van der Waals surface area contributed by atoms with Crippen LogP contribution < -0.4 is 15.4 Å². The summed E-state index contributed by atoms with van der Waals surface area (Å²) in [7, 11) is -3.39. The SMILES string of the molecule is CCNC(=NCC(C)(C)NS(C)(=O)=O)NCCC(F)(F)F. The van der Waals surface area contributed by atoms with E-state index in [9.17, 15) is 21.6 Å². The summed E-state index contributed by atoms with van der Waals surface area (Å²) in [5.41, 5.74) is -0.833. The lowest BCUT2D eigenvalue weighted by Gasteiger charge is -2.23. The van der Waals surface area contributed by atoms with Crippen LogP contribution in [0.2, 0.25) is 0 Å². The molecular formula is C11H23F3N4O2S. The van der Waals surface area contributed by atoms with E-state index in [1.807, 2.05) is 0 Å². The predicted molar refractivity (Wildman–Crippen MR) is 76.7 cm³/mol. The molecule has 10 heteroatoms. The Hall–Kier alpha value is -1.03. The molecule has 0 bridgehead atoms. The van der Waals surface area contributed by atoms with Gasteiger partial charge in [-0.15, -0.1) is 0 Å². The third-order valence-corrected chi connectivity index (χ3v) is 3.06. The van der Waals surface area contributed by atoms with Crippen molar-refractivity contribution in [2.24, 2.45) is 4.99 Å². The zero-order chi connectivity index (χ0) is 16.7. The monoisotopic (exact) mass is 332 g/mol. The van der Waals surface area contributed by atoms with E-state index in [2.05, 4.69) is 20.3 Å². The minimum atomic E-state index is -4.23. The van der Waals surface area contributed by atoms with E-state index in [1.54, 1.807) is 20.8 Å². The van der Waals surface area contributed by atoms with Crippen molar-refractivity contribution in [2.75, 3.05) is 25.9 Å². The molecule has 0 unspecified atom stereocenters. The fourth-order valence-corrected chi connectivity index (χ4v) is 2.54. The minimum Gasteiger partial charge on any atom is -0.357 e. The van der Waals surface area contributed by atoms with Gasteiger partial charge >= 0.3 is 6.18 Å². The molecule has 6 nitrogen and oxygen atoms in total. The molecule has 0 amide bonds. The first-order valence-corrected chi connectivity index (χ1v) is 8.32. The lowest BCUT2D eigenvalue weighted by molar-refractivity contribution is -0.132. The third kappa shape index (κ3) is 12.4. The Labute approximate surface area is 123 Å². The lowest BCUT2D eigenvalue weighted by Crippen LogP contribution is -2.47. The van der Waals surface area contributed by atoms with Gasteiger partial charge in [-0.1, -0.05) is 0 Å². The Morgan fingerprint density at radius 2 is 1.76 bits per heavy atom. The second-order valence-corrected chi connectivity index (χ2v) is 6.99. The van der Waals surface area contributed by atoms with Gasteiger partial charge in [0.05, 0.1) is 19.2 Å². The Kier molecular flexibility index (Phi) is 7.45. The first kappa shape index (κ1) is 20.0. The molecular weight excluding hydrogens is 309 g/mol. The average Bonchev–Trinajstić information content (AvgIpc) is 2.21. The third-order valence-electron chi connectivity index (χ3n) is 2.14. The molecule has 0 aromatic carbocycles. The zero-order valence-corrected chi connectivity index (χ0v) is 13.5. The number of nitrogens with one attached hydrogen (secondary N) is 3. The van der Waals surface area contributed by atoms with Crippen molar-refractivity contribution in [3.8, 4) is 0 Å². The summed E-state index contributed by atoms with van der Waals surface area (Å²) < 4.78 is 61.0. The van der Waals surface area contributed by atoms with Crippen LogP contribution in [-0.4, -0.2) is 52.0 Å². The lowest BCUT2D eigenvalue weighted by atomic mass is 10.1. The number of aliphatic imine (C=N–C) groups is 1. The molecule has 0 radical (unpaired) electrons. The molecule has 126 valence electrons. The van der Waals surface area contributed by atoms with Crippen molar-refractivity contribution in [1.29, 1.82) is 0 Å². The van der Waals surface area contributed by atoms with Crippen molar-refractivity contribution in [3.63, 3.8) is 0 Å². The van der Waals surface area contributed by atoms with Crippen molar-refractivity contribution < 1.29 is 21.6 Å². The highest BCUT2D eigenvalue weighted by Gasteiger charge is 2.26. The summed E-state index contributed by atoms with van der Waals surface area (Å²) in [4.78, 5) is 4.09. The maximum Gasteiger partial charge on any atom is 0.390 e. The normalized spacial score (nSPS) is 14.1. The molecule has 0 saturated heterocycles. The van der Waals surface area contributed by atoms with E-state index in [0.717, 1.165) is 6.26 Å². The largest absolute Gasteiger partial charge is 0.390 e. The maximum absolute atomic E-state index is 12.1. The molecule has 21 heavy (non-hydrogen) atoms. The second kappa shape index (κ2) is 7.83. The van der Waals surface area contributed by atoms with Gasteiger partial charge in [0.25, 0.3) is 0 Å². The van der Waals surface area contributed by atoms with Crippen LogP contribution in [0.4, 0.5) is 13.2 Å². The van der Waals surface area contributed by atoms with Crippen molar-refractivity contribution in [1.82, 2.24) is 15.4 Å². The summed E-state index contributed by atoms with van der Waals surface area (Å²) in [6.45, 7) is 5.32. The fraction of sp³-hybridized carbons (Fsp3) is 0.909. The topological polar surface area (TPSA) is 82.6 Å². The molecule has 0 saturated carbocycles. The van der Waals surface area contributed by atoms with Gasteiger partial charge in [0, 0.05) is 18.6 Å². The van der Waals surface area contributed by atoms with Gasteiger partial charge in [-0.05, 0) is 20.8 Å². The Morgan fingerprint density at radius 1 is 1.19 bits per heavy atom. The molecule has 0 aliphatic rings. The summed E-state index contributed by atoms with van der Waals surface area (Å²) >= 11 is 0. The van der Waals surface area contributed by atoms with E-state index in [0.29, 0.717) is 6.54 Å². The summed E-state index contributed by atoms with van der Waals surface area (Å²) in [5, 5.41) is 5.35. The molecule has 0 aliphatic heterocycles. The van der Waals surface area contributed by atoms with Crippen molar-refractivity contribution in [3.05, 3.63) is 0 Å². The highest BCUT2D eigenvalue weighted by molar-refractivity contribution is 7.88. The van der Waals surface area contributed by atoms with Gasteiger partial charge in [-0.25, -0.2) is 13.1 Å². The first-order valence-electron chi connectivity index (χ1n) is 6.42. The zero-order valence-electron chi connectivity index (χ0n) is 12.6. The van der Waals surface area contributed by atoms with Crippen LogP contribution in [0.5, 0.6) is 0 Å². The number of hydrogen-bond acceptors (Lipinski definition) is 3. The molecule has 3 N–H and O–H groups in total. The number of hydrogen-bond donors (Lipinski definition) is 3. The van der Waals surface area contributed by atoms with Gasteiger partial charge < -0.3 is 10.6 Å². The molecule has 0 heterocycles. The maximum atomic E-state index is 12.1. The van der Waals surface area contributed by atoms with Crippen LogP contribution in [0.1, 0.15) is 27.2 Å². The highest BCUT2D eigenvalue weighted by atomic mass is 32.2. The molecule has 0 aromatic heterocycles. The molecule has 0 aromatic rings. The van der Waals surface area contributed by atoms with Crippen LogP contribution >= 0.6 is 0 Å². The summed E-state index contributed by atoms with van der Waals surface area (Å²) in [5.74, 6) is 0.213. The minimum absolute atomic E-state index is 0.0847. The van der Waals surface area contributed by atoms with Gasteiger partial charge in [0.15, 0.2) is 5.96 Å². The number of alkyl halides is 3. The highest BCUT2D eigenvalue weighted by Crippen LogP contribution is 2.18. The van der Waals surface area contributed by atoms with Gasteiger partial charge in [0.1, 0.15) is 0 Å². The summed E-state index contributed by atoms with van der Waals surface area (Å²) in [6.07, 6.45) is -4.17. The van der Waals surface area contributed by atoms with Crippen LogP contribution in [0, 0.1) is 0 Å².